The van der Waals surface area contributed by atoms with E-state index in [9.17, 15) is 0 Å². The zero-order valence-electron chi connectivity index (χ0n) is 9.65. The van der Waals surface area contributed by atoms with Crippen LogP contribution >= 0.6 is 0 Å². The molecule has 4 heteroatoms. The summed E-state index contributed by atoms with van der Waals surface area (Å²) in [5, 5.41) is 3.70. The van der Waals surface area contributed by atoms with Crippen LogP contribution in [0.4, 0.5) is 0 Å². The van der Waals surface area contributed by atoms with Crippen molar-refractivity contribution in [2.45, 2.75) is 37.8 Å². The minimum absolute atomic E-state index is 0.727. The Balaban J connectivity index is 1.45. The molecule has 16 heavy (non-hydrogen) atoms. The SMILES string of the molecule is c1ncc(CCNC2CCN3CCCC23)[nH]1. The summed E-state index contributed by atoms with van der Waals surface area (Å²) in [6.07, 6.45) is 8.84. The van der Waals surface area contributed by atoms with Gasteiger partial charge in [-0.15, -0.1) is 0 Å². The van der Waals surface area contributed by atoms with Crippen LogP contribution in [-0.2, 0) is 6.42 Å². The van der Waals surface area contributed by atoms with E-state index in [1.54, 1.807) is 6.33 Å². The molecule has 0 spiro atoms. The van der Waals surface area contributed by atoms with Crippen molar-refractivity contribution in [1.82, 2.24) is 20.2 Å². The summed E-state index contributed by atoms with van der Waals surface area (Å²) < 4.78 is 0. The lowest BCUT2D eigenvalue weighted by Gasteiger charge is -2.21. The maximum Gasteiger partial charge on any atom is 0.0921 e. The molecule has 2 saturated heterocycles. The Hall–Kier alpha value is -0.870. The van der Waals surface area contributed by atoms with Crippen molar-refractivity contribution in [3.05, 3.63) is 18.2 Å². The maximum atomic E-state index is 4.03. The summed E-state index contributed by atoms with van der Waals surface area (Å²) in [6, 6.07) is 1.55. The highest BCUT2D eigenvalue weighted by Gasteiger charge is 2.36. The van der Waals surface area contributed by atoms with Gasteiger partial charge in [-0.1, -0.05) is 0 Å². The Morgan fingerprint density at radius 3 is 3.31 bits per heavy atom. The molecule has 0 bridgehead atoms. The van der Waals surface area contributed by atoms with Gasteiger partial charge in [-0.25, -0.2) is 4.98 Å². The third kappa shape index (κ3) is 1.99. The summed E-state index contributed by atoms with van der Waals surface area (Å²) in [6.45, 7) is 3.69. The van der Waals surface area contributed by atoms with Crippen molar-refractivity contribution in [3.63, 3.8) is 0 Å². The van der Waals surface area contributed by atoms with Crippen LogP contribution in [0.5, 0.6) is 0 Å². The molecule has 2 aliphatic rings. The van der Waals surface area contributed by atoms with E-state index >= 15 is 0 Å². The van der Waals surface area contributed by atoms with Gasteiger partial charge in [-0.05, 0) is 25.8 Å². The van der Waals surface area contributed by atoms with E-state index in [0.29, 0.717) is 0 Å². The molecule has 2 atom stereocenters. The predicted molar refractivity (Wildman–Crippen MR) is 63.3 cm³/mol. The summed E-state index contributed by atoms with van der Waals surface area (Å²) in [5.74, 6) is 0. The molecule has 3 rings (SSSR count). The third-order valence-electron chi connectivity index (χ3n) is 3.96. The number of imidazole rings is 1. The smallest absolute Gasteiger partial charge is 0.0921 e. The second kappa shape index (κ2) is 4.55. The highest BCUT2D eigenvalue weighted by molar-refractivity contribution is 4.98. The first-order valence-corrected chi connectivity index (χ1v) is 6.38. The molecule has 88 valence electrons. The number of nitrogens with one attached hydrogen (secondary N) is 2. The second-order valence-corrected chi connectivity index (χ2v) is 4.92. The van der Waals surface area contributed by atoms with Crippen LogP contribution in [-0.4, -0.2) is 46.6 Å². The number of nitrogens with zero attached hydrogens (tertiary/aromatic N) is 2. The number of hydrogen-bond donors (Lipinski definition) is 2. The zero-order chi connectivity index (χ0) is 10.8. The largest absolute Gasteiger partial charge is 0.348 e. The maximum absolute atomic E-state index is 4.03. The lowest BCUT2D eigenvalue weighted by molar-refractivity contribution is 0.299. The van der Waals surface area contributed by atoms with Gasteiger partial charge in [-0.2, -0.15) is 0 Å². The molecule has 0 amide bonds. The van der Waals surface area contributed by atoms with E-state index in [1.807, 2.05) is 6.20 Å². The topological polar surface area (TPSA) is 44.0 Å². The monoisotopic (exact) mass is 220 g/mol. The van der Waals surface area contributed by atoms with Gasteiger partial charge < -0.3 is 10.3 Å². The van der Waals surface area contributed by atoms with E-state index < -0.39 is 0 Å². The van der Waals surface area contributed by atoms with Crippen LogP contribution in [0.25, 0.3) is 0 Å². The van der Waals surface area contributed by atoms with Gasteiger partial charge in [-0.3, -0.25) is 4.90 Å². The summed E-state index contributed by atoms with van der Waals surface area (Å²) in [7, 11) is 0. The van der Waals surface area contributed by atoms with Crippen LogP contribution in [0, 0.1) is 0 Å². The first kappa shape index (κ1) is 10.3. The average Bonchev–Trinajstić information content (AvgIpc) is 2.95. The Bertz CT molecular complexity index is 322. The van der Waals surface area contributed by atoms with Gasteiger partial charge in [0.2, 0.25) is 0 Å². The first-order chi connectivity index (χ1) is 7.93. The van der Waals surface area contributed by atoms with Crippen molar-refractivity contribution in [3.8, 4) is 0 Å². The average molecular weight is 220 g/mol. The summed E-state index contributed by atoms with van der Waals surface area (Å²) in [5.41, 5.74) is 1.23. The Morgan fingerprint density at radius 1 is 1.44 bits per heavy atom. The van der Waals surface area contributed by atoms with E-state index in [4.69, 9.17) is 0 Å². The van der Waals surface area contributed by atoms with Crippen molar-refractivity contribution < 1.29 is 0 Å². The van der Waals surface area contributed by atoms with Crippen LogP contribution in [0.15, 0.2) is 12.5 Å². The Kier molecular flexibility index (Phi) is 2.93. The number of aromatic nitrogens is 2. The van der Waals surface area contributed by atoms with E-state index in [1.165, 1.54) is 38.0 Å². The van der Waals surface area contributed by atoms with Crippen molar-refractivity contribution in [2.24, 2.45) is 0 Å². The molecule has 2 unspecified atom stereocenters. The fraction of sp³-hybridized carbons (Fsp3) is 0.750. The first-order valence-electron chi connectivity index (χ1n) is 6.38. The Morgan fingerprint density at radius 2 is 2.44 bits per heavy atom. The fourth-order valence-electron chi connectivity index (χ4n) is 3.13. The molecular weight excluding hydrogens is 200 g/mol. The number of fused-ring (bicyclic) bond motifs is 1. The fourth-order valence-corrected chi connectivity index (χ4v) is 3.13. The number of H-pyrrole nitrogens is 1. The van der Waals surface area contributed by atoms with Gasteiger partial charge in [0.15, 0.2) is 0 Å². The molecule has 0 aromatic carbocycles. The molecule has 1 aromatic rings. The van der Waals surface area contributed by atoms with Crippen LogP contribution in [0.3, 0.4) is 0 Å². The molecule has 0 saturated carbocycles. The molecule has 3 heterocycles. The molecule has 0 aliphatic carbocycles. The van der Waals surface area contributed by atoms with E-state index in [-0.39, 0.29) is 0 Å². The quantitative estimate of drug-likeness (QED) is 0.788. The molecule has 1 aromatic heterocycles. The standard InChI is InChI=1S/C12H20N4/c1-2-12-11(4-7-16(12)6-1)14-5-3-10-8-13-9-15-10/h8-9,11-12,14H,1-7H2,(H,13,15). The molecule has 2 fully saturated rings. The highest BCUT2D eigenvalue weighted by Crippen LogP contribution is 2.27. The molecule has 2 aliphatic heterocycles. The lowest BCUT2D eigenvalue weighted by atomic mass is 10.1. The van der Waals surface area contributed by atoms with Crippen LogP contribution in [0.2, 0.25) is 0 Å². The molecule has 2 N–H and O–H groups in total. The van der Waals surface area contributed by atoms with E-state index in [0.717, 1.165) is 25.0 Å². The normalized spacial score (nSPS) is 29.8. The minimum atomic E-state index is 0.727. The summed E-state index contributed by atoms with van der Waals surface area (Å²) in [4.78, 5) is 9.83. The van der Waals surface area contributed by atoms with Crippen molar-refractivity contribution in [1.29, 1.82) is 0 Å². The van der Waals surface area contributed by atoms with Crippen molar-refractivity contribution >= 4 is 0 Å². The van der Waals surface area contributed by atoms with Crippen molar-refractivity contribution in [2.75, 3.05) is 19.6 Å². The van der Waals surface area contributed by atoms with E-state index in [2.05, 4.69) is 20.2 Å². The molecular formula is C12H20N4. The summed E-state index contributed by atoms with van der Waals surface area (Å²) >= 11 is 0. The van der Waals surface area contributed by atoms with Gasteiger partial charge in [0.1, 0.15) is 0 Å². The van der Waals surface area contributed by atoms with Crippen LogP contribution in [0.1, 0.15) is 25.0 Å². The number of hydrogen-bond acceptors (Lipinski definition) is 3. The predicted octanol–water partition coefficient (Wildman–Crippen LogP) is 0.778. The minimum Gasteiger partial charge on any atom is -0.348 e. The van der Waals surface area contributed by atoms with Gasteiger partial charge in [0.25, 0.3) is 0 Å². The lowest BCUT2D eigenvalue weighted by Crippen LogP contribution is -2.39. The second-order valence-electron chi connectivity index (χ2n) is 4.92. The Labute approximate surface area is 96.4 Å². The van der Waals surface area contributed by atoms with Crippen LogP contribution < -0.4 is 5.32 Å². The highest BCUT2D eigenvalue weighted by atomic mass is 15.2. The van der Waals surface area contributed by atoms with Gasteiger partial charge in [0, 0.05) is 43.5 Å². The van der Waals surface area contributed by atoms with Gasteiger partial charge in [0.05, 0.1) is 6.33 Å². The van der Waals surface area contributed by atoms with Gasteiger partial charge >= 0.3 is 0 Å². The zero-order valence-corrected chi connectivity index (χ0v) is 9.65. The molecule has 4 nitrogen and oxygen atoms in total. The number of rotatable bonds is 4. The third-order valence-corrected chi connectivity index (χ3v) is 3.96. The number of aromatic amines is 1. The molecule has 0 radical (unpaired) electrons.